The summed E-state index contributed by atoms with van der Waals surface area (Å²) in [6, 6.07) is 7.58. The fourth-order valence-electron chi connectivity index (χ4n) is 2.92. The molecule has 1 saturated carbocycles. The zero-order valence-electron chi connectivity index (χ0n) is 13.5. The largest absolute Gasteiger partial charge is 0.411 e. The number of thioether (sulfide) groups is 1. The maximum Gasteiger partial charge on any atom is 0.277 e. The van der Waals surface area contributed by atoms with E-state index in [0.29, 0.717) is 27.6 Å². The van der Waals surface area contributed by atoms with E-state index in [2.05, 4.69) is 22.4 Å². The van der Waals surface area contributed by atoms with Crippen LogP contribution in [0.2, 0.25) is 5.02 Å². The van der Waals surface area contributed by atoms with Crippen molar-refractivity contribution in [2.75, 3.05) is 5.75 Å². The molecule has 1 aromatic heterocycles. The average molecular weight is 366 g/mol. The number of carbonyl (C=O) groups is 1. The molecule has 0 bridgehead atoms. The molecule has 128 valence electrons. The van der Waals surface area contributed by atoms with Gasteiger partial charge in [0.25, 0.3) is 5.22 Å². The monoisotopic (exact) mass is 365 g/mol. The number of rotatable bonds is 5. The molecule has 1 heterocycles. The second-order valence-electron chi connectivity index (χ2n) is 6.08. The Balaban J connectivity index is 1.54. The third kappa shape index (κ3) is 4.30. The lowest BCUT2D eigenvalue weighted by atomic mass is 9.86. The van der Waals surface area contributed by atoms with Crippen molar-refractivity contribution in [2.45, 2.75) is 43.9 Å². The van der Waals surface area contributed by atoms with Crippen LogP contribution in [0, 0.1) is 5.92 Å². The van der Waals surface area contributed by atoms with Gasteiger partial charge in [-0.15, -0.1) is 10.2 Å². The van der Waals surface area contributed by atoms with E-state index in [1.165, 1.54) is 31.0 Å². The Kier molecular flexibility index (Phi) is 5.79. The highest BCUT2D eigenvalue weighted by molar-refractivity contribution is 7.99. The van der Waals surface area contributed by atoms with Crippen LogP contribution in [0.25, 0.3) is 11.5 Å². The smallest absolute Gasteiger partial charge is 0.277 e. The highest BCUT2D eigenvalue weighted by Crippen LogP contribution is 2.29. The van der Waals surface area contributed by atoms with Crippen LogP contribution in [0.15, 0.2) is 33.9 Å². The van der Waals surface area contributed by atoms with Crippen molar-refractivity contribution < 1.29 is 9.21 Å². The van der Waals surface area contributed by atoms with Crippen LogP contribution in [-0.4, -0.2) is 27.9 Å². The van der Waals surface area contributed by atoms with Crippen molar-refractivity contribution in [3.05, 3.63) is 29.3 Å². The molecule has 5 nitrogen and oxygen atoms in total. The minimum Gasteiger partial charge on any atom is -0.411 e. The number of nitrogens with one attached hydrogen (secondary N) is 1. The normalized spacial score (nSPS) is 20.8. The average Bonchev–Trinajstić information content (AvgIpc) is 3.04. The van der Waals surface area contributed by atoms with Crippen molar-refractivity contribution in [3.8, 4) is 11.5 Å². The molecule has 3 rings (SSSR count). The van der Waals surface area contributed by atoms with E-state index in [0.717, 1.165) is 6.42 Å². The maximum absolute atomic E-state index is 12.1. The van der Waals surface area contributed by atoms with Crippen LogP contribution in [0.4, 0.5) is 0 Å². The van der Waals surface area contributed by atoms with E-state index < -0.39 is 0 Å². The number of benzene rings is 1. The van der Waals surface area contributed by atoms with Crippen LogP contribution in [0.5, 0.6) is 0 Å². The summed E-state index contributed by atoms with van der Waals surface area (Å²) in [6.07, 6.45) is 4.69. The Bertz CT molecular complexity index is 707. The topological polar surface area (TPSA) is 68.0 Å². The molecule has 2 aromatic rings. The molecule has 1 fully saturated rings. The van der Waals surface area contributed by atoms with Crippen molar-refractivity contribution in [3.63, 3.8) is 0 Å². The fourth-order valence-corrected chi connectivity index (χ4v) is 3.71. The van der Waals surface area contributed by atoms with E-state index in [1.54, 1.807) is 6.07 Å². The standard InChI is InChI=1S/C17H20ClN3O2S/c1-11-6-2-5-9-14(11)19-15(22)10-24-17-21-20-16(23-17)12-7-3-4-8-13(12)18/h3-4,7-8,11,14H,2,5-6,9-10H2,1H3,(H,19,22)/t11-,14-/m1/s1. The van der Waals surface area contributed by atoms with E-state index in [1.807, 2.05) is 18.2 Å². The Hall–Kier alpha value is -1.53. The van der Waals surface area contributed by atoms with E-state index >= 15 is 0 Å². The molecule has 1 aliphatic carbocycles. The maximum atomic E-state index is 12.1. The van der Waals surface area contributed by atoms with Crippen molar-refractivity contribution in [1.82, 2.24) is 15.5 Å². The minimum atomic E-state index is 0.0104. The zero-order valence-corrected chi connectivity index (χ0v) is 15.1. The SMILES string of the molecule is C[C@@H]1CCCC[C@H]1NC(=O)CSc1nnc(-c2ccccc2Cl)o1. The van der Waals surface area contributed by atoms with Crippen molar-refractivity contribution in [2.24, 2.45) is 5.92 Å². The second kappa shape index (κ2) is 8.03. The molecule has 2 atom stereocenters. The molecule has 0 saturated heterocycles. The van der Waals surface area contributed by atoms with Crippen molar-refractivity contribution in [1.29, 1.82) is 0 Å². The molecule has 0 radical (unpaired) electrons. The molecule has 1 N–H and O–H groups in total. The quantitative estimate of drug-likeness (QED) is 0.805. The van der Waals surface area contributed by atoms with Gasteiger partial charge in [0.2, 0.25) is 11.8 Å². The lowest BCUT2D eigenvalue weighted by molar-refractivity contribution is -0.119. The highest BCUT2D eigenvalue weighted by atomic mass is 35.5. The van der Waals surface area contributed by atoms with Gasteiger partial charge in [-0.2, -0.15) is 0 Å². The first-order valence-electron chi connectivity index (χ1n) is 8.14. The number of carbonyl (C=O) groups excluding carboxylic acids is 1. The summed E-state index contributed by atoms with van der Waals surface area (Å²) in [4.78, 5) is 12.1. The third-order valence-electron chi connectivity index (χ3n) is 4.30. The van der Waals surface area contributed by atoms with Gasteiger partial charge in [0, 0.05) is 6.04 Å². The van der Waals surface area contributed by atoms with Gasteiger partial charge in [-0.3, -0.25) is 4.79 Å². The number of aromatic nitrogens is 2. The zero-order chi connectivity index (χ0) is 16.9. The Morgan fingerprint density at radius 1 is 1.33 bits per heavy atom. The second-order valence-corrected chi connectivity index (χ2v) is 7.41. The molecule has 1 aliphatic rings. The number of hydrogen-bond donors (Lipinski definition) is 1. The van der Waals surface area contributed by atoms with Crippen LogP contribution < -0.4 is 5.32 Å². The molecule has 1 aromatic carbocycles. The summed E-state index contributed by atoms with van der Waals surface area (Å²) < 4.78 is 5.59. The fraction of sp³-hybridized carbons (Fsp3) is 0.471. The van der Waals surface area contributed by atoms with Crippen molar-refractivity contribution >= 4 is 29.3 Å². The lowest BCUT2D eigenvalue weighted by Gasteiger charge is -2.29. The number of halogens is 1. The van der Waals surface area contributed by atoms with Gasteiger partial charge < -0.3 is 9.73 Å². The lowest BCUT2D eigenvalue weighted by Crippen LogP contribution is -2.41. The summed E-state index contributed by atoms with van der Waals surface area (Å²) in [5.74, 6) is 1.19. The Morgan fingerprint density at radius 3 is 2.92 bits per heavy atom. The molecule has 24 heavy (non-hydrogen) atoms. The summed E-state index contributed by atoms with van der Waals surface area (Å²) >= 11 is 7.36. The minimum absolute atomic E-state index is 0.0104. The van der Waals surface area contributed by atoms with Crippen LogP contribution in [-0.2, 0) is 4.79 Å². The number of nitrogens with zero attached hydrogens (tertiary/aromatic N) is 2. The van der Waals surface area contributed by atoms with Gasteiger partial charge in [-0.1, -0.05) is 55.3 Å². The Labute approximate surface area is 150 Å². The molecular formula is C17H20ClN3O2S. The van der Waals surface area contributed by atoms with Gasteiger partial charge >= 0.3 is 0 Å². The summed E-state index contributed by atoms with van der Waals surface area (Å²) in [7, 11) is 0. The molecule has 0 unspecified atom stereocenters. The summed E-state index contributed by atoms with van der Waals surface area (Å²) in [6.45, 7) is 2.20. The van der Waals surface area contributed by atoms with Crippen LogP contribution >= 0.6 is 23.4 Å². The molecular weight excluding hydrogens is 346 g/mol. The van der Waals surface area contributed by atoms with E-state index in [4.69, 9.17) is 16.0 Å². The molecule has 0 spiro atoms. The first-order chi connectivity index (χ1) is 11.6. The van der Waals surface area contributed by atoms with Gasteiger partial charge in [0.05, 0.1) is 16.3 Å². The number of amides is 1. The van der Waals surface area contributed by atoms with Gasteiger partial charge in [-0.25, -0.2) is 0 Å². The molecule has 1 amide bonds. The summed E-state index contributed by atoms with van der Waals surface area (Å²) in [5.41, 5.74) is 0.694. The predicted molar refractivity (Wildman–Crippen MR) is 95.0 cm³/mol. The van der Waals surface area contributed by atoms with Crippen LogP contribution in [0.3, 0.4) is 0 Å². The third-order valence-corrected chi connectivity index (χ3v) is 5.44. The highest BCUT2D eigenvalue weighted by Gasteiger charge is 2.23. The first-order valence-corrected chi connectivity index (χ1v) is 9.50. The molecule has 7 heteroatoms. The van der Waals surface area contributed by atoms with Gasteiger partial charge in [0.1, 0.15) is 0 Å². The van der Waals surface area contributed by atoms with E-state index in [-0.39, 0.29) is 17.7 Å². The first kappa shape index (κ1) is 17.3. The van der Waals surface area contributed by atoms with E-state index in [9.17, 15) is 4.79 Å². The number of hydrogen-bond acceptors (Lipinski definition) is 5. The predicted octanol–water partition coefficient (Wildman–Crippen LogP) is 4.18. The van der Waals surface area contributed by atoms with Gasteiger partial charge in [0.15, 0.2) is 0 Å². The van der Waals surface area contributed by atoms with Crippen LogP contribution in [0.1, 0.15) is 32.6 Å². The summed E-state index contributed by atoms with van der Waals surface area (Å²) in [5, 5.41) is 12.0. The van der Waals surface area contributed by atoms with Gasteiger partial charge in [-0.05, 0) is 30.9 Å². The Morgan fingerprint density at radius 2 is 2.12 bits per heavy atom. The molecule has 0 aliphatic heterocycles.